The van der Waals surface area contributed by atoms with Crippen molar-refractivity contribution in [2.75, 3.05) is 28.8 Å². The number of alkyl halides is 1. The Labute approximate surface area is 313 Å². The van der Waals surface area contributed by atoms with E-state index in [4.69, 9.17) is 25.4 Å². The van der Waals surface area contributed by atoms with Crippen LogP contribution in [0.15, 0.2) is 103 Å². The maximum absolute atomic E-state index is 14.3. The molecule has 6 aromatic rings. The molecule has 0 radical (unpaired) electrons. The van der Waals surface area contributed by atoms with Gasteiger partial charge < -0.3 is 19.1 Å². The fourth-order valence-electron chi connectivity index (χ4n) is 7.21. The SMILES string of the molecule is CC(=O)Oc1cc2c(c3ccccc13)CCN2C(=O)c1ccc(C(=O)N2CC(CCl)c3c2cc(OP(=O)(O)OCc2ccccc2)c2ccccc32)s1. The number of phosphoric acid groups is 1. The van der Waals surface area contributed by atoms with Crippen molar-refractivity contribution in [3.05, 3.63) is 130 Å². The number of fused-ring (bicyclic) bond motifs is 6. The van der Waals surface area contributed by atoms with E-state index in [1.165, 1.54) is 6.92 Å². The Morgan fingerprint density at radius 2 is 1.42 bits per heavy atom. The minimum atomic E-state index is -4.59. The molecule has 0 bridgehead atoms. The van der Waals surface area contributed by atoms with E-state index in [1.54, 1.807) is 70.5 Å². The van der Waals surface area contributed by atoms with Crippen molar-refractivity contribution in [2.45, 2.75) is 25.9 Å². The monoisotopic (exact) mass is 766 g/mol. The molecule has 8 rings (SSSR count). The van der Waals surface area contributed by atoms with E-state index in [0.717, 1.165) is 38.6 Å². The lowest BCUT2D eigenvalue weighted by Gasteiger charge is -2.20. The van der Waals surface area contributed by atoms with Gasteiger partial charge in [-0.2, -0.15) is 0 Å². The highest BCUT2D eigenvalue weighted by atomic mass is 35.5. The zero-order chi connectivity index (χ0) is 36.9. The normalized spacial score (nSPS) is 16.0. The van der Waals surface area contributed by atoms with Crippen molar-refractivity contribution in [1.29, 1.82) is 0 Å². The number of benzene rings is 5. The molecule has 0 fully saturated rings. The maximum Gasteiger partial charge on any atom is 0.527 e. The summed E-state index contributed by atoms with van der Waals surface area (Å²) in [6.07, 6.45) is 0.625. The van der Waals surface area contributed by atoms with Crippen LogP contribution in [0, 0.1) is 0 Å². The largest absolute Gasteiger partial charge is 0.527 e. The number of rotatable bonds is 9. The van der Waals surface area contributed by atoms with E-state index in [1.807, 2.05) is 42.5 Å². The summed E-state index contributed by atoms with van der Waals surface area (Å²) in [5.41, 5.74) is 3.68. The number of carbonyl (C=O) groups excluding carboxylic acids is 3. The van der Waals surface area contributed by atoms with Crippen LogP contribution in [0.4, 0.5) is 11.4 Å². The van der Waals surface area contributed by atoms with Crippen LogP contribution in [0.5, 0.6) is 11.5 Å². The van der Waals surface area contributed by atoms with Crippen LogP contribution in [0.2, 0.25) is 0 Å². The summed E-state index contributed by atoms with van der Waals surface area (Å²) < 4.78 is 29.8. The summed E-state index contributed by atoms with van der Waals surface area (Å²) >= 11 is 7.57. The Balaban J connectivity index is 1.09. The van der Waals surface area contributed by atoms with Crippen LogP contribution >= 0.6 is 30.8 Å². The number of anilines is 2. The van der Waals surface area contributed by atoms with Gasteiger partial charge in [-0.1, -0.05) is 78.9 Å². The molecule has 10 nitrogen and oxygen atoms in total. The highest BCUT2D eigenvalue weighted by Crippen LogP contribution is 2.51. The van der Waals surface area contributed by atoms with Gasteiger partial charge in [0, 0.05) is 54.7 Å². The van der Waals surface area contributed by atoms with Gasteiger partial charge in [-0.3, -0.25) is 23.8 Å². The van der Waals surface area contributed by atoms with Gasteiger partial charge in [0.1, 0.15) is 11.5 Å². The van der Waals surface area contributed by atoms with Gasteiger partial charge in [0.05, 0.1) is 27.7 Å². The number of esters is 1. The Kier molecular flexibility index (Phi) is 9.30. The topological polar surface area (TPSA) is 123 Å². The number of hydrogen-bond acceptors (Lipinski definition) is 8. The summed E-state index contributed by atoms with van der Waals surface area (Å²) in [4.78, 5) is 54.9. The van der Waals surface area contributed by atoms with E-state index in [-0.39, 0.29) is 42.5 Å². The predicted molar refractivity (Wildman–Crippen MR) is 206 cm³/mol. The second-order valence-corrected chi connectivity index (χ2v) is 15.6. The van der Waals surface area contributed by atoms with Crippen LogP contribution in [-0.2, 0) is 26.9 Å². The summed E-state index contributed by atoms with van der Waals surface area (Å²) in [5.74, 6) is -0.608. The average Bonchev–Trinajstić information content (AvgIpc) is 3.92. The average molecular weight is 767 g/mol. The second-order valence-electron chi connectivity index (χ2n) is 12.8. The fourth-order valence-corrected chi connectivity index (χ4v) is 9.13. The highest BCUT2D eigenvalue weighted by Gasteiger charge is 2.37. The summed E-state index contributed by atoms with van der Waals surface area (Å²) in [6, 6.07) is 30.5. The molecule has 13 heteroatoms. The molecule has 2 aliphatic heterocycles. The van der Waals surface area contributed by atoms with Gasteiger partial charge >= 0.3 is 13.8 Å². The Bertz CT molecular complexity index is 2490. The van der Waals surface area contributed by atoms with E-state index in [2.05, 4.69) is 0 Å². The molecule has 0 saturated heterocycles. The van der Waals surface area contributed by atoms with Crippen molar-refractivity contribution < 1.29 is 37.6 Å². The number of amides is 2. The minimum Gasteiger partial charge on any atom is -0.426 e. The van der Waals surface area contributed by atoms with Crippen molar-refractivity contribution in [2.24, 2.45) is 0 Å². The third-order valence-corrected chi connectivity index (χ3v) is 11.8. The zero-order valence-corrected chi connectivity index (χ0v) is 30.8. The van der Waals surface area contributed by atoms with Crippen LogP contribution < -0.4 is 19.1 Å². The van der Waals surface area contributed by atoms with Crippen LogP contribution in [0.1, 0.15) is 48.9 Å². The lowest BCUT2D eigenvalue weighted by molar-refractivity contribution is -0.131. The Morgan fingerprint density at radius 3 is 2.09 bits per heavy atom. The van der Waals surface area contributed by atoms with Gasteiger partial charge in [0.15, 0.2) is 0 Å². The molecule has 268 valence electrons. The van der Waals surface area contributed by atoms with Gasteiger partial charge in [0.25, 0.3) is 11.8 Å². The van der Waals surface area contributed by atoms with Crippen molar-refractivity contribution >= 4 is 81.5 Å². The quantitative estimate of drug-likeness (QED) is 0.0671. The maximum atomic E-state index is 14.3. The van der Waals surface area contributed by atoms with E-state index in [0.29, 0.717) is 50.8 Å². The first-order valence-electron chi connectivity index (χ1n) is 16.9. The Morgan fingerprint density at radius 1 is 0.811 bits per heavy atom. The number of hydrogen-bond donors (Lipinski definition) is 1. The molecule has 1 aromatic heterocycles. The highest BCUT2D eigenvalue weighted by molar-refractivity contribution is 7.47. The molecule has 0 aliphatic carbocycles. The van der Waals surface area contributed by atoms with Crippen LogP contribution in [0.25, 0.3) is 21.5 Å². The lowest BCUT2D eigenvalue weighted by Crippen LogP contribution is -2.29. The third-order valence-electron chi connectivity index (χ3n) is 9.51. The zero-order valence-electron chi connectivity index (χ0n) is 28.4. The molecule has 3 heterocycles. The van der Waals surface area contributed by atoms with Gasteiger partial charge in [0.2, 0.25) is 0 Å². The summed E-state index contributed by atoms with van der Waals surface area (Å²) in [7, 11) is -4.59. The number of thiophene rings is 1. The molecule has 2 atom stereocenters. The van der Waals surface area contributed by atoms with Crippen molar-refractivity contribution in [3.63, 3.8) is 0 Å². The van der Waals surface area contributed by atoms with Crippen LogP contribution in [-0.4, -0.2) is 41.6 Å². The lowest BCUT2D eigenvalue weighted by atomic mass is 9.95. The molecule has 2 unspecified atom stereocenters. The van der Waals surface area contributed by atoms with E-state index >= 15 is 0 Å². The predicted octanol–water partition coefficient (Wildman–Crippen LogP) is 8.86. The standard InChI is InChI=1S/C40H32ClN2O8PS/c1-24(44)50-34-19-32-28(27-11-5-6-12-29(27)34)17-18-42(32)39(45)36-15-16-37(53-36)40(46)43-22-26(21-41)38-31-14-8-7-13-30(31)35(20-33(38)43)51-52(47,48)49-23-25-9-3-2-4-10-25/h2-16,19-20,26H,17-18,21-23H2,1H3,(H,47,48). The van der Waals surface area contributed by atoms with E-state index in [9.17, 15) is 23.8 Å². The molecule has 53 heavy (non-hydrogen) atoms. The third kappa shape index (κ3) is 6.60. The number of carbonyl (C=O) groups is 3. The first-order valence-corrected chi connectivity index (χ1v) is 19.8. The van der Waals surface area contributed by atoms with Crippen LogP contribution in [0.3, 0.4) is 0 Å². The first kappa shape index (κ1) is 35.0. The molecule has 0 saturated carbocycles. The second kappa shape index (κ2) is 14.1. The van der Waals surface area contributed by atoms with Crippen molar-refractivity contribution in [3.8, 4) is 11.5 Å². The molecule has 2 amide bonds. The summed E-state index contributed by atoms with van der Waals surface area (Å²) in [5, 5.41) is 3.02. The smallest absolute Gasteiger partial charge is 0.426 e. The number of phosphoric ester groups is 1. The Hall–Kier alpha value is -5.03. The van der Waals surface area contributed by atoms with Gasteiger partial charge in [-0.05, 0) is 46.0 Å². The molecular formula is C40H32ClN2O8PS. The molecular weight excluding hydrogens is 735 g/mol. The summed E-state index contributed by atoms with van der Waals surface area (Å²) in [6.45, 7) is 1.90. The number of nitrogens with zero attached hydrogens (tertiary/aromatic N) is 2. The van der Waals surface area contributed by atoms with Gasteiger partial charge in [-0.15, -0.1) is 22.9 Å². The van der Waals surface area contributed by atoms with Crippen molar-refractivity contribution in [1.82, 2.24) is 0 Å². The number of ether oxygens (including phenoxy) is 1. The molecule has 5 aromatic carbocycles. The first-order chi connectivity index (χ1) is 25.6. The minimum absolute atomic E-state index is 0.0849. The number of halogens is 1. The molecule has 0 spiro atoms. The molecule has 1 N–H and O–H groups in total. The fraction of sp³-hybridized carbons (Fsp3) is 0.175. The van der Waals surface area contributed by atoms with Gasteiger partial charge in [-0.25, -0.2) is 4.57 Å². The van der Waals surface area contributed by atoms with E-state index < -0.39 is 13.8 Å². The molecule has 2 aliphatic rings.